The molecule has 1 fully saturated rings. The molecule has 0 spiro atoms. The van der Waals surface area contributed by atoms with Gasteiger partial charge in [0, 0.05) is 44.7 Å². The quantitative estimate of drug-likeness (QED) is 0.823. The lowest BCUT2D eigenvalue weighted by molar-refractivity contribution is -0.131. The summed E-state index contributed by atoms with van der Waals surface area (Å²) in [4.78, 5) is 37.6. The maximum Gasteiger partial charge on any atom is 0.227 e. The third-order valence-electron chi connectivity index (χ3n) is 5.70. The SMILES string of the molecule is CC(=O)N1CCC[C@H]1c1ncc2c(n1)CCN(C(=O)Cc1cccc(C)c1)C2. The average molecular weight is 378 g/mol. The highest BCUT2D eigenvalue weighted by molar-refractivity contribution is 5.79. The minimum absolute atomic E-state index is 0.0104. The van der Waals surface area contributed by atoms with E-state index in [9.17, 15) is 9.59 Å². The summed E-state index contributed by atoms with van der Waals surface area (Å²) in [6.45, 7) is 5.66. The van der Waals surface area contributed by atoms with Gasteiger partial charge < -0.3 is 9.80 Å². The van der Waals surface area contributed by atoms with Crippen LogP contribution in [0.15, 0.2) is 30.5 Å². The van der Waals surface area contributed by atoms with Crippen molar-refractivity contribution in [1.29, 1.82) is 0 Å². The van der Waals surface area contributed by atoms with Crippen molar-refractivity contribution in [2.75, 3.05) is 13.1 Å². The molecule has 0 unspecified atom stereocenters. The molecule has 6 heteroatoms. The summed E-state index contributed by atoms with van der Waals surface area (Å²) in [7, 11) is 0. The van der Waals surface area contributed by atoms with Crippen LogP contribution in [0.1, 0.15) is 54.0 Å². The number of nitrogens with zero attached hydrogens (tertiary/aromatic N) is 4. The molecule has 0 saturated carbocycles. The Morgan fingerprint density at radius 3 is 2.89 bits per heavy atom. The molecule has 1 aromatic carbocycles. The Bertz CT molecular complexity index is 911. The maximum atomic E-state index is 12.7. The zero-order valence-corrected chi connectivity index (χ0v) is 16.5. The number of hydrogen-bond donors (Lipinski definition) is 0. The van der Waals surface area contributed by atoms with Crippen molar-refractivity contribution >= 4 is 11.8 Å². The number of carbonyl (C=O) groups excluding carboxylic acids is 2. The second-order valence-electron chi connectivity index (χ2n) is 7.80. The molecule has 28 heavy (non-hydrogen) atoms. The Morgan fingerprint density at radius 2 is 2.11 bits per heavy atom. The molecule has 2 aromatic rings. The van der Waals surface area contributed by atoms with Crippen LogP contribution >= 0.6 is 0 Å². The molecule has 4 rings (SSSR count). The highest BCUT2D eigenvalue weighted by Gasteiger charge is 2.31. The number of benzene rings is 1. The Labute approximate surface area is 165 Å². The van der Waals surface area contributed by atoms with Crippen molar-refractivity contribution < 1.29 is 9.59 Å². The fraction of sp³-hybridized carbons (Fsp3) is 0.455. The lowest BCUT2D eigenvalue weighted by Gasteiger charge is -2.29. The molecule has 1 aromatic heterocycles. The van der Waals surface area contributed by atoms with Gasteiger partial charge in [-0.25, -0.2) is 9.97 Å². The van der Waals surface area contributed by atoms with E-state index in [0.717, 1.165) is 48.5 Å². The van der Waals surface area contributed by atoms with Gasteiger partial charge in [-0.05, 0) is 25.3 Å². The third kappa shape index (κ3) is 3.77. The Morgan fingerprint density at radius 1 is 1.25 bits per heavy atom. The summed E-state index contributed by atoms with van der Waals surface area (Å²) in [6, 6.07) is 8.08. The van der Waals surface area contributed by atoms with Crippen molar-refractivity contribution in [3.05, 3.63) is 58.7 Å². The van der Waals surface area contributed by atoms with Gasteiger partial charge in [0.05, 0.1) is 18.2 Å². The molecule has 146 valence electrons. The number of rotatable bonds is 3. The molecule has 1 atom stereocenters. The van der Waals surface area contributed by atoms with Gasteiger partial charge in [-0.1, -0.05) is 29.8 Å². The Kier molecular flexibility index (Phi) is 5.11. The first-order valence-corrected chi connectivity index (χ1v) is 9.96. The van der Waals surface area contributed by atoms with E-state index in [1.807, 2.05) is 41.1 Å². The van der Waals surface area contributed by atoms with Crippen molar-refractivity contribution in [3.8, 4) is 0 Å². The van der Waals surface area contributed by atoms with E-state index in [0.29, 0.717) is 19.5 Å². The van der Waals surface area contributed by atoms with Gasteiger partial charge in [-0.15, -0.1) is 0 Å². The van der Waals surface area contributed by atoms with Gasteiger partial charge in [0.15, 0.2) is 5.82 Å². The highest BCUT2D eigenvalue weighted by Crippen LogP contribution is 2.30. The first-order valence-electron chi connectivity index (χ1n) is 9.96. The van der Waals surface area contributed by atoms with Crippen molar-refractivity contribution in [2.45, 2.75) is 52.1 Å². The molecule has 0 radical (unpaired) electrons. The highest BCUT2D eigenvalue weighted by atomic mass is 16.2. The first kappa shape index (κ1) is 18.6. The number of aryl methyl sites for hydroxylation is 1. The van der Waals surface area contributed by atoms with Crippen molar-refractivity contribution in [2.24, 2.45) is 0 Å². The normalized spacial score (nSPS) is 18.9. The van der Waals surface area contributed by atoms with Crippen LogP contribution in [0.5, 0.6) is 0 Å². The first-order chi connectivity index (χ1) is 13.5. The molecule has 2 aliphatic rings. The Hall–Kier alpha value is -2.76. The molecule has 6 nitrogen and oxygen atoms in total. The van der Waals surface area contributed by atoms with Crippen LogP contribution in [0.3, 0.4) is 0 Å². The van der Waals surface area contributed by atoms with Crippen LogP contribution < -0.4 is 0 Å². The molecular formula is C22H26N4O2. The molecule has 2 aliphatic heterocycles. The summed E-state index contributed by atoms with van der Waals surface area (Å²) in [5.74, 6) is 0.960. The number of amides is 2. The lowest BCUT2D eigenvalue weighted by atomic mass is 10.0. The minimum atomic E-state index is -0.0104. The average Bonchev–Trinajstić information content (AvgIpc) is 3.17. The largest absolute Gasteiger partial charge is 0.338 e. The van der Waals surface area contributed by atoms with Crippen LogP contribution in [-0.2, 0) is 29.0 Å². The molecular weight excluding hydrogens is 352 g/mol. The van der Waals surface area contributed by atoms with Gasteiger partial charge in [0.25, 0.3) is 0 Å². The van der Waals surface area contributed by atoms with E-state index in [1.165, 1.54) is 5.56 Å². The second-order valence-corrected chi connectivity index (χ2v) is 7.80. The lowest BCUT2D eigenvalue weighted by Crippen LogP contribution is -2.38. The summed E-state index contributed by atoms with van der Waals surface area (Å²) in [5.41, 5.74) is 4.25. The molecule has 0 N–H and O–H groups in total. The van der Waals surface area contributed by atoms with Crippen LogP contribution in [0.25, 0.3) is 0 Å². The zero-order valence-electron chi connectivity index (χ0n) is 16.5. The van der Waals surface area contributed by atoms with Gasteiger partial charge in [-0.2, -0.15) is 0 Å². The van der Waals surface area contributed by atoms with Crippen LogP contribution in [0.2, 0.25) is 0 Å². The fourth-order valence-electron chi connectivity index (χ4n) is 4.23. The fourth-order valence-corrected chi connectivity index (χ4v) is 4.23. The number of likely N-dealkylation sites (tertiary alicyclic amines) is 1. The second kappa shape index (κ2) is 7.70. The van der Waals surface area contributed by atoms with Gasteiger partial charge in [-0.3, -0.25) is 9.59 Å². The molecule has 3 heterocycles. The van der Waals surface area contributed by atoms with E-state index < -0.39 is 0 Å². The molecule has 2 amide bonds. The third-order valence-corrected chi connectivity index (χ3v) is 5.70. The monoisotopic (exact) mass is 378 g/mol. The summed E-state index contributed by atoms with van der Waals surface area (Å²) >= 11 is 0. The van der Waals surface area contributed by atoms with Crippen molar-refractivity contribution in [1.82, 2.24) is 19.8 Å². The van der Waals surface area contributed by atoms with Gasteiger partial charge >= 0.3 is 0 Å². The molecule has 0 aliphatic carbocycles. The number of aromatic nitrogens is 2. The van der Waals surface area contributed by atoms with E-state index >= 15 is 0 Å². The predicted octanol–water partition coefficient (Wildman–Crippen LogP) is 2.60. The summed E-state index contributed by atoms with van der Waals surface area (Å²) in [6.07, 6.45) is 4.91. The standard InChI is InChI=1S/C22H26N4O2/c1-15-5-3-6-17(11-15)12-21(28)25-10-8-19-18(14-25)13-23-22(24-19)20-7-4-9-26(20)16(2)27/h3,5-6,11,13,20H,4,7-10,12,14H2,1-2H3/t20-/m0/s1. The maximum absolute atomic E-state index is 12.7. The number of hydrogen-bond acceptors (Lipinski definition) is 4. The van der Waals surface area contributed by atoms with E-state index in [-0.39, 0.29) is 17.9 Å². The minimum Gasteiger partial charge on any atom is -0.338 e. The van der Waals surface area contributed by atoms with E-state index in [4.69, 9.17) is 4.98 Å². The zero-order chi connectivity index (χ0) is 19.7. The van der Waals surface area contributed by atoms with Gasteiger partial charge in [0.1, 0.15) is 0 Å². The van der Waals surface area contributed by atoms with Crippen LogP contribution in [0, 0.1) is 6.92 Å². The van der Waals surface area contributed by atoms with E-state index in [1.54, 1.807) is 6.92 Å². The topological polar surface area (TPSA) is 66.4 Å². The predicted molar refractivity (Wildman–Crippen MR) is 105 cm³/mol. The summed E-state index contributed by atoms with van der Waals surface area (Å²) < 4.78 is 0. The number of carbonyl (C=O) groups is 2. The summed E-state index contributed by atoms with van der Waals surface area (Å²) in [5, 5.41) is 0. The van der Waals surface area contributed by atoms with Crippen LogP contribution in [0.4, 0.5) is 0 Å². The van der Waals surface area contributed by atoms with Crippen LogP contribution in [-0.4, -0.2) is 44.7 Å². The smallest absolute Gasteiger partial charge is 0.227 e. The Balaban J connectivity index is 1.46. The van der Waals surface area contributed by atoms with Crippen molar-refractivity contribution in [3.63, 3.8) is 0 Å². The van der Waals surface area contributed by atoms with Gasteiger partial charge in [0.2, 0.25) is 11.8 Å². The number of fused-ring (bicyclic) bond motifs is 1. The molecule has 1 saturated heterocycles. The van der Waals surface area contributed by atoms with E-state index in [2.05, 4.69) is 11.1 Å². The molecule has 0 bridgehead atoms.